The highest BCUT2D eigenvalue weighted by Gasteiger charge is 1.98. The minimum absolute atomic E-state index is 0. The summed E-state index contributed by atoms with van der Waals surface area (Å²) >= 11 is 1.82. The van der Waals surface area contributed by atoms with Gasteiger partial charge in [0.05, 0.1) is 13.3 Å². The highest BCUT2D eigenvalue weighted by molar-refractivity contribution is 7.10. The van der Waals surface area contributed by atoms with Crippen molar-refractivity contribution in [2.24, 2.45) is 0 Å². The van der Waals surface area contributed by atoms with Crippen molar-refractivity contribution in [2.45, 2.75) is 26.4 Å². The van der Waals surface area contributed by atoms with Crippen LogP contribution in [-0.2, 0) is 17.8 Å². The molecule has 0 spiro atoms. The smallest absolute Gasteiger partial charge is 0.0969 e. The van der Waals surface area contributed by atoms with E-state index in [-0.39, 0.29) is 1.43 Å². The average Bonchev–Trinajstić information content (AvgIpc) is 2.75. The van der Waals surface area contributed by atoms with Gasteiger partial charge >= 0.3 is 0 Å². The third-order valence-corrected chi connectivity index (χ3v) is 3.62. The quantitative estimate of drug-likeness (QED) is 0.544. The number of nitrogens with zero attached hydrogens (tertiary/aromatic N) is 1. The first-order valence-electron chi connectivity index (χ1n) is 6.22. The Labute approximate surface area is 110 Å². The summed E-state index contributed by atoms with van der Waals surface area (Å²) in [5.74, 6) is 0. The molecule has 0 aliphatic carbocycles. The van der Waals surface area contributed by atoms with Gasteiger partial charge in [-0.25, -0.2) is 0 Å². The van der Waals surface area contributed by atoms with Gasteiger partial charge in [-0.05, 0) is 57.0 Å². The van der Waals surface area contributed by atoms with Gasteiger partial charge in [0.2, 0.25) is 0 Å². The van der Waals surface area contributed by atoms with Crippen LogP contribution in [0, 0.1) is 0 Å². The second-order valence-electron chi connectivity index (χ2n) is 4.42. The summed E-state index contributed by atoms with van der Waals surface area (Å²) in [6.07, 6.45) is 2.28. The van der Waals surface area contributed by atoms with Crippen LogP contribution in [0.2, 0.25) is 0 Å². The lowest BCUT2D eigenvalue weighted by molar-refractivity contribution is 0.103. The van der Waals surface area contributed by atoms with Gasteiger partial charge in [0.15, 0.2) is 0 Å². The second-order valence-corrected chi connectivity index (χ2v) is 5.42. The molecule has 0 saturated carbocycles. The van der Waals surface area contributed by atoms with Crippen molar-refractivity contribution in [1.29, 1.82) is 0 Å². The highest BCUT2D eigenvalue weighted by Crippen LogP contribution is 2.15. The fourth-order valence-corrected chi connectivity index (χ4v) is 2.35. The van der Waals surface area contributed by atoms with E-state index in [2.05, 4.69) is 42.7 Å². The molecule has 3 nitrogen and oxygen atoms in total. The van der Waals surface area contributed by atoms with E-state index in [9.17, 15) is 0 Å². The van der Waals surface area contributed by atoms with Crippen LogP contribution < -0.4 is 5.32 Å². The van der Waals surface area contributed by atoms with Crippen LogP contribution in [0.1, 0.15) is 25.2 Å². The number of hydrogen-bond donors (Lipinski definition) is 1. The standard InChI is InChI=1S/C13H24N2OS.H2/c1-4-13-8-12(10-17-13)9-16-11-14-6-5-7-15(2)3;/h8,10,14H,4-7,9,11H2,1-3H3;1H. The van der Waals surface area contributed by atoms with Crippen LogP contribution in [0.5, 0.6) is 0 Å². The molecule has 0 aliphatic heterocycles. The van der Waals surface area contributed by atoms with E-state index in [0.717, 1.165) is 32.5 Å². The number of rotatable bonds is 9. The molecular weight excluding hydrogens is 232 g/mol. The van der Waals surface area contributed by atoms with E-state index in [4.69, 9.17) is 4.74 Å². The summed E-state index contributed by atoms with van der Waals surface area (Å²) in [5.41, 5.74) is 1.29. The molecule has 4 heteroatoms. The SMILES string of the molecule is CCc1cc(COCNCCCN(C)C)cs1.[HH]. The lowest BCUT2D eigenvalue weighted by Gasteiger charge is -2.09. The molecule has 1 aromatic heterocycles. The molecule has 0 unspecified atom stereocenters. The monoisotopic (exact) mass is 258 g/mol. The molecule has 0 aromatic carbocycles. The van der Waals surface area contributed by atoms with Gasteiger partial charge in [-0.1, -0.05) is 6.92 Å². The second kappa shape index (κ2) is 8.64. The van der Waals surface area contributed by atoms with E-state index in [0.29, 0.717) is 6.73 Å². The predicted octanol–water partition coefficient (Wildman–Crippen LogP) is 2.57. The molecule has 1 N–H and O–H groups in total. The number of nitrogens with one attached hydrogen (secondary N) is 1. The summed E-state index contributed by atoms with van der Waals surface area (Å²) in [7, 11) is 4.19. The molecule has 0 atom stereocenters. The molecule has 0 aliphatic rings. The fraction of sp³-hybridized carbons (Fsp3) is 0.692. The third kappa shape index (κ3) is 6.78. The van der Waals surface area contributed by atoms with Crippen molar-refractivity contribution in [3.63, 3.8) is 0 Å². The van der Waals surface area contributed by atoms with Crippen LogP contribution in [0.3, 0.4) is 0 Å². The summed E-state index contributed by atoms with van der Waals surface area (Å²) in [5, 5.41) is 5.47. The van der Waals surface area contributed by atoms with Crippen molar-refractivity contribution in [3.8, 4) is 0 Å². The summed E-state index contributed by atoms with van der Waals surface area (Å²) in [6.45, 7) is 5.68. The normalized spacial score (nSPS) is 11.3. The van der Waals surface area contributed by atoms with Crippen LogP contribution in [0.15, 0.2) is 11.4 Å². The molecule has 0 saturated heterocycles. The maximum atomic E-state index is 5.57. The third-order valence-electron chi connectivity index (χ3n) is 2.49. The van der Waals surface area contributed by atoms with Crippen molar-refractivity contribution >= 4 is 11.3 Å². The Balaban J connectivity index is 0.00000289. The van der Waals surface area contributed by atoms with Gasteiger partial charge in [-0.15, -0.1) is 11.3 Å². The molecule has 0 amide bonds. The first-order valence-corrected chi connectivity index (χ1v) is 7.09. The van der Waals surface area contributed by atoms with Crippen LogP contribution >= 0.6 is 11.3 Å². The molecule has 0 bridgehead atoms. The first kappa shape index (κ1) is 14.6. The maximum absolute atomic E-state index is 5.57. The van der Waals surface area contributed by atoms with Crippen LogP contribution in [0.4, 0.5) is 0 Å². The molecule has 0 radical (unpaired) electrons. The van der Waals surface area contributed by atoms with E-state index in [1.807, 2.05) is 11.3 Å². The van der Waals surface area contributed by atoms with Gasteiger partial charge in [0.25, 0.3) is 0 Å². The minimum Gasteiger partial charge on any atom is -0.362 e. The van der Waals surface area contributed by atoms with Crippen LogP contribution in [-0.4, -0.2) is 38.8 Å². The Morgan fingerprint density at radius 2 is 2.29 bits per heavy atom. The molecule has 1 rings (SSSR count). The Morgan fingerprint density at radius 3 is 2.94 bits per heavy atom. The number of hydrogen-bond acceptors (Lipinski definition) is 4. The van der Waals surface area contributed by atoms with Crippen molar-refractivity contribution in [3.05, 3.63) is 21.9 Å². The predicted molar refractivity (Wildman–Crippen MR) is 76.6 cm³/mol. The first-order chi connectivity index (χ1) is 8.22. The lowest BCUT2D eigenvalue weighted by Crippen LogP contribution is -2.23. The van der Waals surface area contributed by atoms with Gasteiger partial charge in [0, 0.05) is 6.30 Å². The molecule has 0 fully saturated rings. The lowest BCUT2D eigenvalue weighted by atomic mass is 10.3. The zero-order valence-corrected chi connectivity index (χ0v) is 12.0. The Bertz CT molecular complexity index is 305. The largest absolute Gasteiger partial charge is 0.362 e. The molecular formula is C13H26N2OS. The fourth-order valence-electron chi connectivity index (χ4n) is 1.52. The summed E-state index contributed by atoms with van der Waals surface area (Å²) in [6, 6.07) is 2.23. The maximum Gasteiger partial charge on any atom is 0.0969 e. The zero-order chi connectivity index (χ0) is 12.5. The van der Waals surface area contributed by atoms with E-state index >= 15 is 0 Å². The number of aryl methyl sites for hydroxylation is 1. The highest BCUT2D eigenvalue weighted by atomic mass is 32.1. The van der Waals surface area contributed by atoms with E-state index < -0.39 is 0 Å². The van der Waals surface area contributed by atoms with Crippen LogP contribution in [0.25, 0.3) is 0 Å². The van der Waals surface area contributed by atoms with Crippen molar-refractivity contribution in [2.75, 3.05) is 33.9 Å². The van der Waals surface area contributed by atoms with Gasteiger partial charge in [-0.3, -0.25) is 5.32 Å². The number of thiophene rings is 1. The Hall–Kier alpha value is -0.420. The molecule has 100 valence electrons. The van der Waals surface area contributed by atoms with Crippen molar-refractivity contribution in [1.82, 2.24) is 10.2 Å². The molecule has 1 heterocycles. The van der Waals surface area contributed by atoms with E-state index in [1.165, 1.54) is 10.4 Å². The Morgan fingerprint density at radius 1 is 1.47 bits per heavy atom. The van der Waals surface area contributed by atoms with Gasteiger partial charge in [-0.2, -0.15) is 0 Å². The Kier molecular flexibility index (Phi) is 7.44. The minimum atomic E-state index is 0. The van der Waals surface area contributed by atoms with E-state index in [1.54, 1.807) is 0 Å². The molecule has 17 heavy (non-hydrogen) atoms. The summed E-state index contributed by atoms with van der Waals surface area (Å²) < 4.78 is 5.57. The molecule has 1 aromatic rings. The van der Waals surface area contributed by atoms with Crippen molar-refractivity contribution < 1.29 is 6.16 Å². The topological polar surface area (TPSA) is 24.5 Å². The van der Waals surface area contributed by atoms with Gasteiger partial charge in [0.1, 0.15) is 0 Å². The number of ether oxygens (including phenoxy) is 1. The zero-order valence-electron chi connectivity index (χ0n) is 11.2. The average molecular weight is 258 g/mol. The van der Waals surface area contributed by atoms with Gasteiger partial charge < -0.3 is 9.64 Å². The summed E-state index contributed by atoms with van der Waals surface area (Å²) in [4.78, 5) is 3.63.